The molecule has 0 radical (unpaired) electrons. The van der Waals surface area contributed by atoms with Crippen molar-refractivity contribution in [3.63, 3.8) is 0 Å². The van der Waals surface area contributed by atoms with Gasteiger partial charge in [-0.25, -0.2) is 0 Å². The van der Waals surface area contributed by atoms with Gasteiger partial charge in [0.2, 0.25) is 0 Å². The number of hydrogen-bond donors (Lipinski definition) is 1. The second-order valence-electron chi connectivity index (χ2n) is 3.86. The number of H-pyrrole nitrogens is 1. The Hall–Kier alpha value is -2.00. The minimum Gasteiger partial charge on any atom is -0.488 e. The molecule has 1 aromatic heterocycles. The molecule has 3 nitrogen and oxygen atoms in total. The van der Waals surface area contributed by atoms with Crippen molar-refractivity contribution in [3.8, 4) is 5.75 Å². The van der Waals surface area contributed by atoms with Gasteiger partial charge in [-0.2, -0.15) is 5.10 Å². The fourth-order valence-corrected chi connectivity index (χ4v) is 1.80. The second kappa shape index (κ2) is 5.56. The summed E-state index contributed by atoms with van der Waals surface area (Å²) in [6.07, 6.45) is 1.79. The summed E-state index contributed by atoms with van der Waals surface area (Å²) in [4.78, 5) is 0. The first-order chi connectivity index (χ1) is 8.43. The van der Waals surface area contributed by atoms with Gasteiger partial charge in [0.05, 0.1) is 17.1 Å². The van der Waals surface area contributed by atoms with E-state index >= 15 is 0 Å². The highest BCUT2D eigenvalue weighted by Gasteiger charge is 2.03. The van der Waals surface area contributed by atoms with E-state index in [1.165, 1.54) is 0 Å². The number of ether oxygens (including phenoxy) is 1. The van der Waals surface area contributed by atoms with Crippen LogP contribution in [-0.4, -0.2) is 10.2 Å². The molecule has 0 atom stereocenters. The zero-order valence-electron chi connectivity index (χ0n) is 9.67. The van der Waals surface area contributed by atoms with Crippen molar-refractivity contribution < 1.29 is 4.74 Å². The van der Waals surface area contributed by atoms with Gasteiger partial charge < -0.3 is 4.74 Å². The first-order valence-electron chi connectivity index (χ1n) is 5.52. The van der Waals surface area contributed by atoms with Crippen LogP contribution in [-0.2, 0) is 6.61 Å². The molecule has 0 aliphatic rings. The molecule has 2 aromatic carbocycles. The van der Waals surface area contributed by atoms with E-state index in [1.54, 1.807) is 6.20 Å². The fourth-order valence-electron chi connectivity index (χ4n) is 1.80. The molecule has 1 N–H and O–H groups in total. The summed E-state index contributed by atoms with van der Waals surface area (Å²) >= 11 is 0. The van der Waals surface area contributed by atoms with Crippen LogP contribution in [0.5, 0.6) is 5.75 Å². The number of aromatic nitrogens is 2. The van der Waals surface area contributed by atoms with Gasteiger partial charge in [-0.15, -0.1) is 12.4 Å². The van der Waals surface area contributed by atoms with Crippen molar-refractivity contribution in [2.75, 3.05) is 0 Å². The van der Waals surface area contributed by atoms with Gasteiger partial charge in [-0.1, -0.05) is 36.4 Å². The van der Waals surface area contributed by atoms with Crippen molar-refractivity contribution in [1.82, 2.24) is 10.2 Å². The van der Waals surface area contributed by atoms with Crippen LogP contribution in [0.2, 0.25) is 0 Å². The van der Waals surface area contributed by atoms with Crippen LogP contribution in [0.3, 0.4) is 0 Å². The summed E-state index contributed by atoms with van der Waals surface area (Å²) in [7, 11) is 0. The van der Waals surface area contributed by atoms with E-state index in [0.717, 1.165) is 22.2 Å². The van der Waals surface area contributed by atoms with E-state index in [0.29, 0.717) is 6.61 Å². The molecule has 18 heavy (non-hydrogen) atoms. The number of rotatable bonds is 3. The Balaban J connectivity index is 0.00000120. The number of aromatic amines is 1. The number of halogens is 1. The Morgan fingerprint density at radius 3 is 2.67 bits per heavy atom. The molecule has 4 heteroatoms. The number of benzene rings is 2. The number of fused-ring (bicyclic) bond motifs is 1. The first kappa shape index (κ1) is 12.5. The molecule has 0 amide bonds. The standard InChI is InChI=1S/C14H12N2O.ClH/c1-2-5-11(6-3-1)10-17-14-8-4-7-13-12(14)9-15-16-13;/h1-9H,10H2,(H,15,16);1H. The molecule has 0 fully saturated rings. The van der Waals surface area contributed by atoms with Crippen LogP contribution in [0.1, 0.15) is 5.56 Å². The molecule has 0 unspecified atom stereocenters. The maximum Gasteiger partial charge on any atom is 0.130 e. The molecule has 0 spiro atoms. The maximum absolute atomic E-state index is 5.80. The van der Waals surface area contributed by atoms with Crippen LogP contribution < -0.4 is 4.74 Å². The van der Waals surface area contributed by atoms with E-state index in [1.807, 2.05) is 36.4 Å². The lowest BCUT2D eigenvalue weighted by atomic mass is 10.2. The average Bonchev–Trinajstić information content (AvgIpc) is 2.86. The lowest BCUT2D eigenvalue weighted by molar-refractivity contribution is 0.310. The summed E-state index contributed by atoms with van der Waals surface area (Å²) in [5, 5.41) is 7.96. The zero-order valence-corrected chi connectivity index (χ0v) is 10.5. The van der Waals surface area contributed by atoms with E-state index in [4.69, 9.17) is 4.74 Å². The predicted octanol–water partition coefficient (Wildman–Crippen LogP) is 3.56. The lowest BCUT2D eigenvalue weighted by Gasteiger charge is -2.06. The van der Waals surface area contributed by atoms with Crippen molar-refractivity contribution in [3.05, 3.63) is 60.3 Å². The summed E-state index contributed by atoms with van der Waals surface area (Å²) in [6.45, 7) is 0.575. The third-order valence-electron chi connectivity index (χ3n) is 2.68. The third-order valence-corrected chi connectivity index (χ3v) is 2.68. The smallest absolute Gasteiger partial charge is 0.130 e. The number of nitrogens with zero attached hydrogens (tertiary/aromatic N) is 1. The molecule has 0 aliphatic heterocycles. The van der Waals surface area contributed by atoms with Gasteiger partial charge in [0.15, 0.2) is 0 Å². The van der Waals surface area contributed by atoms with E-state index in [9.17, 15) is 0 Å². The van der Waals surface area contributed by atoms with E-state index in [2.05, 4.69) is 22.3 Å². The SMILES string of the molecule is Cl.c1ccc(COc2cccc3[nH]ncc23)cc1. The average molecular weight is 261 g/mol. The number of nitrogens with one attached hydrogen (secondary N) is 1. The highest BCUT2D eigenvalue weighted by Crippen LogP contribution is 2.24. The third kappa shape index (κ3) is 2.46. The van der Waals surface area contributed by atoms with Crippen molar-refractivity contribution in [1.29, 1.82) is 0 Å². The molecule has 1 heterocycles. The van der Waals surface area contributed by atoms with Gasteiger partial charge in [-0.05, 0) is 17.7 Å². The maximum atomic E-state index is 5.80. The normalized spacial score (nSPS) is 10.0. The van der Waals surface area contributed by atoms with Gasteiger partial charge in [0, 0.05) is 0 Å². The molecule has 0 aliphatic carbocycles. The minimum absolute atomic E-state index is 0. The Morgan fingerprint density at radius 1 is 1.00 bits per heavy atom. The van der Waals surface area contributed by atoms with Gasteiger partial charge in [0.25, 0.3) is 0 Å². The Morgan fingerprint density at radius 2 is 1.83 bits per heavy atom. The molecule has 3 rings (SSSR count). The van der Waals surface area contributed by atoms with E-state index < -0.39 is 0 Å². The summed E-state index contributed by atoms with van der Waals surface area (Å²) in [5.41, 5.74) is 2.16. The monoisotopic (exact) mass is 260 g/mol. The van der Waals surface area contributed by atoms with Gasteiger partial charge in [0.1, 0.15) is 12.4 Å². The van der Waals surface area contributed by atoms with Crippen LogP contribution in [0.4, 0.5) is 0 Å². The second-order valence-corrected chi connectivity index (χ2v) is 3.86. The molecule has 3 aromatic rings. The molecular weight excluding hydrogens is 248 g/mol. The molecule has 0 saturated carbocycles. The summed E-state index contributed by atoms with van der Waals surface area (Å²) in [5.74, 6) is 0.861. The summed E-state index contributed by atoms with van der Waals surface area (Å²) in [6, 6.07) is 16.0. The summed E-state index contributed by atoms with van der Waals surface area (Å²) < 4.78 is 5.80. The fraction of sp³-hybridized carbons (Fsp3) is 0.0714. The van der Waals surface area contributed by atoms with Crippen LogP contribution in [0.15, 0.2) is 54.7 Å². The lowest BCUT2D eigenvalue weighted by Crippen LogP contribution is -1.94. The molecule has 92 valence electrons. The predicted molar refractivity (Wildman–Crippen MR) is 74.1 cm³/mol. The van der Waals surface area contributed by atoms with Crippen LogP contribution in [0, 0.1) is 0 Å². The Bertz CT molecular complexity index is 622. The Kier molecular flexibility index (Phi) is 3.85. The van der Waals surface area contributed by atoms with Crippen molar-refractivity contribution in [2.24, 2.45) is 0 Å². The van der Waals surface area contributed by atoms with Crippen molar-refractivity contribution in [2.45, 2.75) is 6.61 Å². The minimum atomic E-state index is 0. The molecular formula is C14H13ClN2O. The van der Waals surface area contributed by atoms with E-state index in [-0.39, 0.29) is 12.4 Å². The zero-order chi connectivity index (χ0) is 11.5. The molecule has 0 bridgehead atoms. The van der Waals surface area contributed by atoms with Crippen LogP contribution >= 0.6 is 12.4 Å². The van der Waals surface area contributed by atoms with Gasteiger partial charge in [-0.3, -0.25) is 5.10 Å². The van der Waals surface area contributed by atoms with Crippen molar-refractivity contribution >= 4 is 23.3 Å². The Labute approximate surface area is 111 Å². The highest BCUT2D eigenvalue weighted by atomic mass is 35.5. The first-order valence-corrected chi connectivity index (χ1v) is 5.52. The number of hydrogen-bond acceptors (Lipinski definition) is 2. The quantitative estimate of drug-likeness (QED) is 0.782. The largest absolute Gasteiger partial charge is 0.488 e. The van der Waals surface area contributed by atoms with Gasteiger partial charge >= 0.3 is 0 Å². The topological polar surface area (TPSA) is 37.9 Å². The molecule has 0 saturated heterocycles. The highest BCUT2D eigenvalue weighted by molar-refractivity contribution is 5.85. The van der Waals surface area contributed by atoms with Crippen LogP contribution in [0.25, 0.3) is 10.9 Å².